The first-order valence-corrected chi connectivity index (χ1v) is 7.44. The second-order valence-corrected chi connectivity index (χ2v) is 5.99. The number of aliphatic imine (C=N–C) groups is 1. The van der Waals surface area contributed by atoms with Gasteiger partial charge in [-0.15, -0.1) is 0 Å². The first kappa shape index (κ1) is 15.1. The molecule has 2 fully saturated rings. The Morgan fingerprint density at radius 3 is 2.70 bits per heavy atom. The number of aliphatic hydroxyl groups is 1. The van der Waals surface area contributed by atoms with Gasteiger partial charge in [0, 0.05) is 32.7 Å². The van der Waals surface area contributed by atoms with Crippen LogP contribution in [-0.4, -0.2) is 71.6 Å². The highest BCUT2D eigenvalue weighted by Crippen LogP contribution is 2.28. The van der Waals surface area contributed by atoms with Crippen LogP contribution in [0.5, 0.6) is 0 Å². The van der Waals surface area contributed by atoms with E-state index in [0.29, 0.717) is 31.5 Å². The van der Waals surface area contributed by atoms with E-state index >= 15 is 0 Å². The zero-order valence-corrected chi connectivity index (χ0v) is 12.7. The van der Waals surface area contributed by atoms with Gasteiger partial charge in [0.25, 0.3) is 0 Å². The fourth-order valence-corrected chi connectivity index (χ4v) is 2.37. The lowest BCUT2D eigenvalue weighted by molar-refractivity contribution is -0.135. The third kappa shape index (κ3) is 3.62. The molecule has 0 spiro atoms. The summed E-state index contributed by atoms with van der Waals surface area (Å²) >= 11 is 0. The number of amides is 1. The van der Waals surface area contributed by atoms with Crippen LogP contribution >= 0.6 is 0 Å². The number of carbonyl (C=O) groups is 1. The van der Waals surface area contributed by atoms with Crippen molar-refractivity contribution in [3.63, 3.8) is 0 Å². The SMILES string of the molecule is CCC(C)(O)CNC(=NC)N1CCN(C2CC2)C(=O)C1. The van der Waals surface area contributed by atoms with Crippen LogP contribution in [0.1, 0.15) is 33.1 Å². The van der Waals surface area contributed by atoms with Gasteiger partial charge in [-0.25, -0.2) is 0 Å². The minimum atomic E-state index is -0.754. The number of nitrogens with zero attached hydrogens (tertiary/aromatic N) is 3. The summed E-state index contributed by atoms with van der Waals surface area (Å²) in [7, 11) is 1.71. The van der Waals surface area contributed by atoms with Crippen molar-refractivity contribution in [3.8, 4) is 0 Å². The maximum atomic E-state index is 12.1. The van der Waals surface area contributed by atoms with Gasteiger partial charge in [-0.1, -0.05) is 6.92 Å². The molecule has 2 rings (SSSR count). The summed E-state index contributed by atoms with van der Waals surface area (Å²) in [5, 5.41) is 13.2. The zero-order valence-electron chi connectivity index (χ0n) is 12.7. The van der Waals surface area contributed by atoms with E-state index < -0.39 is 5.60 Å². The lowest BCUT2D eigenvalue weighted by Crippen LogP contribution is -2.57. The van der Waals surface area contributed by atoms with E-state index in [1.54, 1.807) is 14.0 Å². The Labute approximate surface area is 120 Å². The quantitative estimate of drug-likeness (QED) is 0.564. The molecule has 1 aliphatic heterocycles. The molecule has 20 heavy (non-hydrogen) atoms. The van der Waals surface area contributed by atoms with Crippen LogP contribution < -0.4 is 5.32 Å². The molecule has 0 aromatic rings. The molecule has 0 bridgehead atoms. The van der Waals surface area contributed by atoms with Gasteiger partial charge < -0.3 is 20.2 Å². The predicted octanol–water partition coefficient (Wildman–Crippen LogP) is 0.0294. The third-order valence-electron chi connectivity index (χ3n) is 4.15. The highest BCUT2D eigenvalue weighted by Gasteiger charge is 2.36. The standard InChI is InChI=1S/C14H26N4O2/c1-4-14(2,20)10-16-13(15-3)17-7-8-18(11-5-6-11)12(19)9-17/h11,20H,4-10H2,1-3H3,(H,15,16). The molecule has 1 amide bonds. The molecule has 2 N–H and O–H groups in total. The molecule has 0 aromatic carbocycles. The van der Waals surface area contributed by atoms with Gasteiger partial charge in [0.05, 0.1) is 12.1 Å². The van der Waals surface area contributed by atoms with Crippen molar-refractivity contribution < 1.29 is 9.90 Å². The first-order valence-electron chi connectivity index (χ1n) is 7.44. The average molecular weight is 282 g/mol. The molecule has 1 aliphatic carbocycles. The van der Waals surface area contributed by atoms with Gasteiger partial charge >= 0.3 is 0 Å². The fraction of sp³-hybridized carbons (Fsp3) is 0.857. The Hall–Kier alpha value is -1.30. The molecule has 1 heterocycles. The summed E-state index contributed by atoms with van der Waals surface area (Å²) in [6.07, 6.45) is 2.97. The average Bonchev–Trinajstić information content (AvgIpc) is 3.24. The fourth-order valence-electron chi connectivity index (χ4n) is 2.37. The molecule has 1 saturated carbocycles. The molecular weight excluding hydrogens is 256 g/mol. The molecule has 0 radical (unpaired) electrons. The number of nitrogens with one attached hydrogen (secondary N) is 1. The highest BCUT2D eigenvalue weighted by molar-refractivity contribution is 5.88. The Morgan fingerprint density at radius 2 is 2.20 bits per heavy atom. The molecule has 1 saturated heterocycles. The summed E-state index contributed by atoms with van der Waals surface area (Å²) in [6, 6.07) is 0.487. The maximum Gasteiger partial charge on any atom is 0.242 e. The van der Waals surface area contributed by atoms with Gasteiger partial charge in [-0.2, -0.15) is 0 Å². The molecule has 1 unspecified atom stereocenters. The highest BCUT2D eigenvalue weighted by atomic mass is 16.3. The summed E-state index contributed by atoms with van der Waals surface area (Å²) in [4.78, 5) is 20.3. The van der Waals surface area contributed by atoms with Crippen LogP contribution in [-0.2, 0) is 4.79 Å². The van der Waals surface area contributed by atoms with Crippen LogP contribution in [0.2, 0.25) is 0 Å². The van der Waals surface area contributed by atoms with Gasteiger partial charge in [0.15, 0.2) is 5.96 Å². The van der Waals surface area contributed by atoms with Crippen LogP contribution in [0.15, 0.2) is 4.99 Å². The van der Waals surface area contributed by atoms with Gasteiger partial charge in [-0.3, -0.25) is 9.79 Å². The molecule has 0 aromatic heterocycles. The van der Waals surface area contributed by atoms with E-state index in [1.165, 1.54) is 0 Å². The number of hydrogen-bond donors (Lipinski definition) is 2. The monoisotopic (exact) mass is 282 g/mol. The second-order valence-electron chi connectivity index (χ2n) is 5.99. The number of carbonyl (C=O) groups excluding carboxylic acids is 1. The van der Waals surface area contributed by atoms with Crippen molar-refractivity contribution in [2.24, 2.45) is 4.99 Å². The first-order chi connectivity index (χ1) is 9.46. The van der Waals surface area contributed by atoms with Crippen molar-refractivity contribution in [2.45, 2.75) is 44.8 Å². The smallest absolute Gasteiger partial charge is 0.242 e. The summed E-state index contributed by atoms with van der Waals surface area (Å²) in [5.41, 5.74) is -0.754. The lowest BCUT2D eigenvalue weighted by atomic mass is 10.0. The Balaban J connectivity index is 1.87. The van der Waals surface area contributed by atoms with E-state index in [4.69, 9.17) is 0 Å². The Kier molecular flexibility index (Phi) is 4.52. The van der Waals surface area contributed by atoms with Crippen molar-refractivity contribution >= 4 is 11.9 Å². The van der Waals surface area contributed by atoms with E-state index in [0.717, 1.165) is 25.9 Å². The van der Waals surface area contributed by atoms with Crippen molar-refractivity contribution in [1.82, 2.24) is 15.1 Å². The van der Waals surface area contributed by atoms with Crippen molar-refractivity contribution in [3.05, 3.63) is 0 Å². The molecule has 6 nitrogen and oxygen atoms in total. The minimum absolute atomic E-state index is 0.184. The van der Waals surface area contributed by atoms with E-state index in [-0.39, 0.29) is 5.91 Å². The third-order valence-corrected chi connectivity index (χ3v) is 4.15. The molecule has 114 valence electrons. The van der Waals surface area contributed by atoms with Crippen molar-refractivity contribution in [1.29, 1.82) is 0 Å². The van der Waals surface area contributed by atoms with Crippen LogP contribution in [0.25, 0.3) is 0 Å². The molecule has 1 atom stereocenters. The minimum Gasteiger partial charge on any atom is -0.388 e. The second kappa shape index (κ2) is 5.99. The molecule has 6 heteroatoms. The van der Waals surface area contributed by atoms with Gasteiger partial charge in [0.1, 0.15) is 0 Å². The van der Waals surface area contributed by atoms with Gasteiger partial charge in [-0.05, 0) is 26.2 Å². The van der Waals surface area contributed by atoms with E-state index in [2.05, 4.69) is 10.3 Å². The number of piperazine rings is 1. The van der Waals surface area contributed by atoms with Crippen LogP contribution in [0.3, 0.4) is 0 Å². The summed E-state index contributed by atoms with van der Waals surface area (Å²) < 4.78 is 0. The Morgan fingerprint density at radius 1 is 1.50 bits per heavy atom. The lowest BCUT2D eigenvalue weighted by Gasteiger charge is -2.37. The largest absolute Gasteiger partial charge is 0.388 e. The summed E-state index contributed by atoms with van der Waals surface area (Å²) in [5.74, 6) is 0.881. The summed E-state index contributed by atoms with van der Waals surface area (Å²) in [6.45, 7) is 6.13. The number of guanidine groups is 1. The molecular formula is C14H26N4O2. The normalized spacial score (nSPS) is 23.8. The van der Waals surface area contributed by atoms with E-state index in [9.17, 15) is 9.90 Å². The Bertz CT molecular complexity index is 391. The topological polar surface area (TPSA) is 68.2 Å². The van der Waals surface area contributed by atoms with Crippen LogP contribution in [0.4, 0.5) is 0 Å². The zero-order chi connectivity index (χ0) is 14.8. The van der Waals surface area contributed by atoms with E-state index in [1.807, 2.05) is 16.7 Å². The van der Waals surface area contributed by atoms with Crippen molar-refractivity contribution in [2.75, 3.05) is 33.2 Å². The van der Waals surface area contributed by atoms with Crippen LogP contribution in [0, 0.1) is 0 Å². The molecule has 2 aliphatic rings. The number of rotatable bonds is 4. The predicted molar refractivity (Wildman–Crippen MR) is 78.6 cm³/mol. The maximum absolute atomic E-state index is 12.1. The number of hydrogen-bond acceptors (Lipinski definition) is 3. The van der Waals surface area contributed by atoms with Gasteiger partial charge in [0.2, 0.25) is 5.91 Å².